The van der Waals surface area contributed by atoms with E-state index >= 15 is 0 Å². The number of anilines is 2. The van der Waals surface area contributed by atoms with Crippen LogP contribution < -0.4 is 16.2 Å². The molecule has 38 heavy (non-hydrogen) atoms. The zero-order chi connectivity index (χ0) is 27.7. The standard InChI is InChI=1S/C28H27F3N2O5/c29-28(30,31)13-1-14-37-22-9-10-23(27(35)36)24(17-22)19-5-2-18(3-6-19)4-11-26(34)38-15-12-20-7-8-21(32)16-25(20)33/h2-11,16-17H,1,12-15,32-33H2,(H,35,36)/b11-4+. The number of hydrogen-bond donors (Lipinski definition) is 3. The van der Waals surface area contributed by atoms with Gasteiger partial charge in [-0.05, 0) is 65.1 Å². The summed E-state index contributed by atoms with van der Waals surface area (Å²) in [5, 5.41) is 9.55. The van der Waals surface area contributed by atoms with E-state index in [1.165, 1.54) is 24.3 Å². The van der Waals surface area contributed by atoms with Gasteiger partial charge in [-0.15, -0.1) is 0 Å². The van der Waals surface area contributed by atoms with Crippen LogP contribution in [0.3, 0.4) is 0 Å². The number of carboxylic acids is 1. The van der Waals surface area contributed by atoms with Crippen molar-refractivity contribution in [2.24, 2.45) is 0 Å². The fraction of sp³-hybridized carbons (Fsp3) is 0.214. The molecule has 0 atom stereocenters. The Hall–Kier alpha value is -4.47. The van der Waals surface area contributed by atoms with Crippen molar-refractivity contribution in [1.82, 2.24) is 0 Å². The molecular weight excluding hydrogens is 501 g/mol. The first-order valence-electron chi connectivity index (χ1n) is 11.7. The second-order valence-electron chi connectivity index (χ2n) is 8.41. The Bertz CT molecular complexity index is 1300. The highest BCUT2D eigenvalue weighted by Crippen LogP contribution is 2.29. The molecule has 0 bridgehead atoms. The molecule has 3 aromatic carbocycles. The predicted molar refractivity (Wildman–Crippen MR) is 139 cm³/mol. The van der Waals surface area contributed by atoms with Gasteiger partial charge in [-0.2, -0.15) is 13.2 Å². The van der Waals surface area contributed by atoms with Gasteiger partial charge in [0, 0.05) is 30.3 Å². The maximum atomic E-state index is 12.3. The molecule has 0 saturated heterocycles. The highest BCUT2D eigenvalue weighted by atomic mass is 19.4. The molecule has 0 aliphatic carbocycles. The summed E-state index contributed by atoms with van der Waals surface area (Å²) < 4.78 is 47.6. The van der Waals surface area contributed by atoms with Crippen LogP contribution in [0.15, 0.2) is 66.7 Å². The van der Waals surface area contributed by atoms with Crippen LogP contribution in [0.5, 0.6) is 5.75 Å². The minimum atomic E-state index is -4.26. The van der Waals surface area contributed by atoms with E-state index in [1.54, 1.807) is 48.5 Å². The molecule has 0 amide bonds. The summed E-state index contributed by atoms with van der Waals surface area (Å²) in [6.45, 7) is -0.0125. The van der Waals surface area contributed by atoms with Gasteiger partial charge in [0.25, 0.3) is 0 Å². The summed E-state index contributed by atoms with van der Waals surface area (Å²) in [5.41, 5.74) is 15.1. The summed E-state index contributed by atoms with van der Waals surface area (Å²) in [5.74, 6) is -1.43. The van der Waals surface area contributed by atoms with Crippen molar-refractivity contribution in [2.75, 3.05) is 24.7 Å². The number of carboxylic acid groups (broad SMARTS) is 1. The Morgan fingerprint density at radius 2 is 1.68 bits per heavy atom. The van der Waals surface area contributed by atoms with Crippen molar-refractivity contribution < 1.29 is 37.3 Å². The maximum Gasteiger partial charge on any atom is 0.389 e. The van der Waals surface area contributed by atoms with Crippen LogP contribution in [-0.4, -0.2) is 36.4 Å². The first-order chi connectivity index (χ1) is 18.0. The van der Waals surface area contributed by atoms with Crippen molar-refractivity contribution in [3.8, 4) is 16.9 Å². The Morgan fingerprint density at radius 3 is 2.34 bits per heavy atom. The van der Waals surface area contributed by atoms with Gasteiger partial charge in [0.1, 0.15) is 5.75 Å². The minimum Gasteiger partial charge on any atom is -0.494 e. The lowest BCUT2D eigenvalue weighted by Gasteiger charge is -2.12. The highest BCUT2D eigenvalue weighted by Gasteiger charge is 2.26. The number of carbonyl (C=O) groups excluding carboxylic acids is 1. The normalized spacial score (nSPS) is 11.4. The van der Waals surface area contributed by atoms with Crippen LogP contribution in [0, 0.1) is 0 Å². The van der Waals surface area contributed by atoms with Crippen molar-refractivity contribution >= 4 is 29.4 Å². The molecule has 0 fully saturated rings. The van der Waals surface area contributed by atoms with E-state index in [2.05, 4.69) is 0 Å². The summed E-state index contributed by atoms with van der Waals surface area (Å²) in [4.78, 5) is 23.7. The monoisotopic (exact) mass is 528 g/mol. The number of halogens is 3. The van der Waals surface area contributed by atoms with Crippen LogP contribution in [-0.2, 0) is 16.0 Å². The maximum absolute atomic E-state index is 12.3. The van der Waals surface area contributed by atoms with E-state index in [4.69, 9.17) is 20.9 Å². The van der Waals surface area contributed by atoms with Gasteiger partial charge in [0.15, 0.2) is 0 Å². The summed E-state index contributed by atoms with van der Waals surface area (Å²) in [7, 11) is 0. The number of aromatic carboxylic acids is 1. The third-order valence-electron chi connectivity index (χ3n) is 5.51. The van der Waals surface area contributed by atoms with Gasteiger partial charge in [-0.3, -0.25) is 0 Å². The minimum absolute atomic E-state index is 0.0150. The summed E-state index contributed by atoms with van der Waals surface area (Å²) >= 11 is 0. The quantitative estimate of drug-likeness (QED) is 0.125. The number of rotatable bonds is 11. The molecule has 0 unspecified atom stereocenters. The van der Waals surface area contributed by atoms with E-state index in [1.807, 2.05) is 0 Å². The van der Waals surface area contributed by atoms with Gasteiger partial charge in [0.05, 0.1) is 18.8 Å². The van der Waals surface area contributed by atoms with Gasteiger partial charge in [-0.1, -0.05) is 30.3 Å². The van der Waals surface area contributed by atoms with E-state index in [9.17, 15) is 27.9 Å². The third kappa shape index (κ3) is 8.58. The lowest BCUT2D eigenvalue weighted by atomic mass is 9.98. The number of ether oxygens (including phenoxy) is 2. The number of nitrogen functional groups attached to an aromatic ring is 2. The number of nitrogens with two attached hydrogens (primary N) is 2. The Labute approximate surface area is 217 Å². The molecule has 3 aromatic rings. The molecule has 200 valence electrons. The molecule has 0 spiro atoms. The van der Waals surface area contributed by atoms with Gasteiger partial charge >= 0.3 is 18.1 Å². The zero-order valence-electron chi connectivity index (χ0n) is 20.3. The number of hydrogen-bond acceptors (Lipinski definition) is 6. The van der Waals surface area contributed by atoms with Gasteiger partial charge < -0.3 is 26.0 Å². The fourth-order valence-corrected chi connectivity index (χ4v) is 3.59. The lowest BCUT2D eigenvalue weighted by molar-refractivity contribution is -0.138. The summed E-state index contributed by atoms with van der Waals surface area (Å²) in [6, 6.07) is 16.1. The largest absolute Gasteiger partial charge is 0.494 e. The molecule has 0 heterocycles. The topological polar surface area (TPSA) is 125 Å². The molecule has 0 radical (unpaired) electrons. The van der Waals surface area contributed by atoms with Crippen LogP contribution in [0.4, 0.5) is 24.5 Å². The van der Waals surface area contributed by atoms with E-state index in [-0.39, 0.29) is 30.9 Å². The second-order valence-corrected chi connectivity index (χ2v) is 8.41. The summed E-state index contributed by atoms with van der Waals surface area (Å²) in [6.07, 6.45) is -2.16. The third-order valence-corrected chi connectivity index (χ3v) is 5.51. The van der Waals surface area contributed by atoms with Crippen molar-refractivity contribution in [2.45, 2.75) is 25.4 Å². The van der Waals surface area contributed by atoms with Crippen molar-refractivity contribution in [3.63, 3.8) is 0 Å². The fourth-order valence-electron chi connectivity index (χ4n) is 3.59. The second kappa shape index (κ2) is 12.7. The molecule has 10 heteroatoms. The van der Waals surface area contributed by atoms with Crippen LogP contribution >= 0.6 is 0 Å². The lowest BCUT2D eigenvalue weighted by Crippen LogP contribution is -2.10. The average molecular weight is 529 g/mol. The Balaban J connectivity index is 1.60. The van der Waals surface area contributed by atoms with Gasteiger partial charge in [-0.25, -0.2) is 9.59 Å². The molecular formula is C28H27F3N2O5. The molecule has 5 N–H and O–H groups in total. The Kier molecular flexibility index (Phi) is 9.37. The SMILES string of the molecule is Nc1ccc(CCOC(=O)/C=C/c2ccc(-c3cc(OCCCC(F)(F)F)ccc3C(=O)O)cc2)c(N)c1. The molecule has 3 rings (SSSR count). The van der Waals surface area contributed by atoms with Crippen molar-refractivity contribution in [1.29, 1.82) is 0 Å². The molecule has 0 aliphatic rings. The number of alkyl halides is 3. The first-order valence-corrected chi connectivity index (χ1v) is 11.7. The molecule has 7 nitrogen and oxygen atoms in total. The predicted octanol–water partition coefficient (Wildman–Crippen LogP) is 5.74. The smallest absolute Gasteiger partial charge is 0.389 e. The van der Waals surface area contributed by atoms with Crippen LogP contribution in [0.1, 0.15) is 34.3 Å². The van der Waals surface area contributed by atoms with E-state index in [0.717, 1.165) is 5.56 Å². The van der Waals surface area contributed by atoms with Crippen molar-refractivity contribution in [3.05, 3.63) is 83.4 Å². The number of carbonyl (C=O) groups is 2. The Morgan fingerprint density at radius 1 is 0.947 bits per heavy atom. The van der Waals surface area contributed by atoms with Gasteiger partial charge in [0.2, 0.25) is 0 Å². The molecule has 0 aromatic heterocycles. The van der Waals surface area contributed by atoms with Crippen LogP contribution in [0.25, 0.3) is 17.2 Å². The van der Waals surface area contributed by atoms with E-state index in [0.29, 0.717) is 34.5 Å². The first kappa shape index (κ1) is 28.1. The number of esters is 1. The zero-order valence-corrected chi connectivity index (χ0v) is 20.3. The van der Waals surface area contributed by atoms with E-state index < -0.39 is 24.5 Å². The average Bonchev–Trinajstić information content (AvgIpc) is 2.86. The van der Waals surface area contributed by atoms with Crippen LogP contribution in [0.2, 0.25) is 0 Å². The number of benzene rings is 3. The highest BCUT2D eigenvalue weighted by molar-refractivity contribution is 5.96. The molecule has 0 saturated carbocycles. The molecule has 0 aliphatic heterocycles.